The molecular formula is C20H27NO5. The summed E-state index contributed by atoms with van der Waals surface area (Å²) in [7, 11) is 0. The smallest absolute Gasteiger partial charge is 0.410 e. The molecule has 1 amide bonds. The highest BCUT2D eigenvalue weighted by Crippen LogP contribution is 2.25. The summed E-state index contributed by atoms with van der Waals surface area (Å²) in [6, 6.07) is 9.17. The number of ether oxygens (including phenoxy) is 3. The maximum atomic E-state index is 12.5. The Morgan fingerprint density at radius 2 is 1.92 bits per heavy atom. The summed E-state index contributed by atoms with van der Waals surface area (Å²) in [5.74, 6) is 0.320. The van der Waals surface area contributed by atoms with Crippen LogP contribution in [-0.2, 0) is 14.3 Å². The zero-order chi connectivity index (χ0) is 19.2. The Morgan fingerprint density at radius 1 is 1.23 bits per heavy atom. The molecule has 6 heteroatoms. The van der Waals surface area contributed by atoms with Crippen molar-refractivity contribution in [1.82, 2.24) is 4.90 Å². The van der Waals surface area contributed by atoms with Crippen LogP contribution in [0.3, 0.4) is 0 Å². The second-order valence-corrected chi connectivity index (χ2v) is 7.10. The van der Waals surface area contributed by atoms with Gasteiger partial charge in [-0.25, -0.2) is 9.59 Å². The lowest BCUT2D eigenvalue weighted by Gasteiger charge is -2.27. The molecule has 0 radical (unpaired) electrons. The first-order valence-corrected chi connectivity index (χ1v) is 8.85. The molecule has 6 nitrogen and oxygen atoms in total. The average molecular weight is 361 g/mol. The highest BCUT2D eigenvalue weighted by atomic mass is 16.6. The fourth-order valence-electron chi connectivity index (χ4n) is 2.70. The van der Waals surface area contributed by atoms with E-state index in [-0.39, 0.29) is 12.1 Å². The van der Waals surface area contributed by atoms with Crippen molar-refractivity contribution in [2.24, 2.45) is 0 Å². The lowest BCUT2D eigenvalue weighted by atomic mass is 10.2. The van der Waals surface area contributed by atoms with E-state index in [0.717, 1.165) is 5.75 Å². The minimum absolute atomic E-state index is 0.179. The van der Waals surface area contributed by atoms with E-state index >= 15 is 0 Å². The number of hydrogen-bond donors (Lipinski definition) is 0. The van der Waals surface area contributed by atoms with Crippen molar-refractivity contribution in [2.75, 3.05) is 13.2 Å². The lowest BCUT2D eigenvalue weighted by Crippen LogP contribution is -2.39. The minimum atomic E-state index is -0.592. The van der Waals surface area contributed by atoms with Crippen molar-refractivity contribution in [3.63, 3.8) is 0 Å². The third-order valence-electron chi connectivity index (χ3n) is 3.72. The van der Waals surface area contributed by atoms with Crippen LogP contribution in [0.15, 0.2) is 42.5 Å². The van der Waals surface area contributed by atoms with Crippen molar-refractivity contribution in [3.8, 4) is 5.75 Å². The standard InChI is InChI=1S/C20H27NO5/c1-5-24-18(22)12-11-15-13-17(25-16-9-7-6-8-10-16)14-21(15)19(23)26-20(2,3)4/h6-12,15,17H,5,13-14H2,1-4H3/b12-11+/t15-,17-/m1/s1. The predicted octanol–water partition coefficient (Wildman–Crippen LogP) is 3.56. The Labute approximate surface area is 154 Å². The molecule has 26 heavy (non-hydrogen) atoms. The molecule has 142 valence electrons. The molecule has 0 bridgehead atoms. The van der Waals surface area contributed by atoms with Crippen molar-refractivity contribution in [1.29, 1.82) is 0 Å². The van der Waals surface area contributed by atoms with E-state index in [1.165, 1.54) is 6.08 Å². The molecule has 1 aromatic carbocycles. The first kappa shape index (κ1) is 19.8. The maximum Gasteiger partial charge on any atom is 0.410 e. The molecule has 1 aliphatic heterocycles. The highest BCUT2D eigenvalue weighted by Gasteiger charge is 2.37. The van der Waals surface area contributed by atoms with E-state index in [1.807, 2.05) is 51.1 Å². The van der Waals surface area contributed by atoms with Gasteiger partial charge in [0.1, 0.15) is 17.5 Å². The van der Waals surface area contributed by atoms with E-state index in [1.54, 1.807) is 17.9 Å². The average Bonchev–Trinajstić information content (AvgIpc) is 2.95. The molecule has 0 saturated carbocycles. The maximum absolute atomic E-state index is 12.5. The summed E-state index contributed by atoms with van der Waals surface area (Å²) < 4.78 is 16.4. The molecular weight excluding hydrogens is 334 g/mol. The van der Waals surface area contributed by atoms with Gasteiger partial charge in [-0.05, 0) is 39.8 Å². The van der Waals surface area contributed by atoms with E-state index in [9.17, 15) is 9.59 Å². The second-order valence-electron chi connectivity index (χ2n) is 7.10. The van der Waals surface area contributed by atoms with Gasteiger partial charge in [0.05, 0.1) is 19.2 Å². The van der Waals surface area contributed by atoms with Crippen LogP contribution in [0.5, 0.6) is 5.75 Å². The Hall–Kier alpha value is -2.50. The minimum Gasteiger partial charge on any atom is -0.488 e. The largest absolute Gasteiger partial charge is 0.488 e. The molecule has 0 unspecified atom stereocenters. The number of likely N-dealkylation sites (tertiary alicyclic amines) is 1. The SMILES string of the molecule is CCOC(=O)/C=C/[C@@H]1C[C@@H](Oc2ccccc2)CN1C(=O)OC(C)(C)C. The van der Waals surface area contributed by atoms with Crippen LogP contribution in [0.2, 0.25) is 0 Å². The number of esters is 1. The zero-order valence-electron chi connectivity index (χ0n) is 15.8. The third kappa shape index (κ3) is 6.10. The van der Waals surface area contributed by atoms with E-state index < -0.39 is 17.7 Å². The Bertz CT molecular complexity index is 635. The summed E-state index contributed by atoms with van der Waals surface area (Å²) in [6.45, 7) is 7.91. The monoisotopic (exact) mass is 361 g/mol. The second kappa shape index (κ2) is 8.74. The Kier molecular flexibility index (Phi) is 6.66. The van der Waals surface area contributed by atoms with Crippen LogP contribution in [0, 0.1) is 0 Å². The highest BCUT2D eigenvalue weighted by molar-refractivity contribution is 5.82. The number of benzene rings is 1. The molecule has 0 N–H and O–H groups in total. The number of hydrogen-bond acceptors (Lipinski definition) is 5. The summed E-state index contributed by atoms with van der Waals surface area (Å²) in [4.78, 5) is 25.7. The van der Waals surface area contributed by atoms with Gasteiger partial charge in [-0.15, -0.1) is 0 Å². The number of nitrogens with zero attached hydrogens (tertiary/aromatic N) is 1. The topological polar surface area (TPSA) is 65.1 Å². The van der Waals surface area contributed by atoms with E-state index in [0.29, 0.717) is 19.6 Å². The van der Waals surface area contributed by atoms with Crippen LogP contribution in [0.1, 0.15) is 34.1 Å². The molecule has 1 fully saturated rings. The van der Waals surface area contributed by atoms with Gasteiger partial charge in [-0.2, -0.15) is 0 Å². The zero-order valence-corrected chi connectivity index (χ0v) is 15.8. The van der Waals surface area contributed by atoms with Crippen LogP contribution in [0.4, 0.5) is 4.79 Å². The van der Waals surface area contributed by atoms with Crippen LogP contribution in [0.25, 0.3) is 0 Å². The number of para-hydroxylation sites is 1. The number of amides is 1. The first-order valence-electron chi connectivity index (χ1n) is 8.85. The van der Waals surface area contributed by atoms with Gasteiger partial charge in [0.15, 0.2) is 0 Å². The van der Waals surface area contributed by atoms with Crippen LogP contribution >= 0.6 is 0 Å². The predicted molar refractivity (Wildman–Crippen MR) is 98.0 cm³/mol. The molecule has 2 atom stereocenters. The lowest BCUT2D eigenvalue weighted by molar-refractivity contribution is -0.137. The van der Waals surface area contributed by atoms with Crippen molar-refractivity contribution in [2.45, 2.75) is 51.9 Å². The van der Waals surface area contributed by atoms with Gasteiger partial charge in [0, 0.05) is 12.5 Å². The first-order chi connectivity index (χ1) is 12.3. The molecule has 1 heterocycles. The fourth-order valence-corrected chi connectivity index (χ4v) is 2.70. The van der Waals surface area contributed by atoms with E-state index in [4.69, 9.17) is 14.2 Å². The van der Waals surface area contributed by atoms with Gasteiger partial charge < -0.3 is 14.2 Å². The summed E-state index contributed by atoms with van der Waals surface area (Å²) in [5, 5.41) is 0. The van der Waals surface area contributed by atoms with E-state index in [2.05, 4.69) is 0 Å². The third-order valence-corrected chi connectivity index (χ3v) is 3.72. The summed E-state index contributed by atoms with van der Waals surface area (Å²) in [5.41, 5.74) is -0.592. The fraction of sp³-hybridized carbons (Fsp3) is 0.500. The molecule has 1 saturated heterocycles. The molecule has 2 rings (SSSR count). The Balaban J connectivity index is 2.09. The summed E-state index contributed by atoms with van der Waals surface area (Å²) >= 11 is 0. The van der Waals surface area contributed by atoms with Gasteiger partial charge in [0.2, 0.25) is 0 Å². The van der Waals surface area contributed by atoms with Gasteiger partial charge in [-0.1, -0.05) is 24.3 Å². The van der Waals surface area contributed by atoms with Gasteiger partial charge in [0.25, 0.3) is 0 Å². The molecule has 0 aliphatic carbocycles. The van der Waals surface area contributed by atoms with Crippen LogP contribution < -0.4 is 4.74 Å². The summed E-state index contributed by atoms with van der Waals surface area (Å²) in [6.07, 6.45) is 3.01. The molecule has 1 aromatic rings. The number of carbonyl (C=O) groups excluding carboxylic acids is 2. The molecule has 0 aromatic heterocycles. The van der Waals surface area contributed by atoms with Gasteiger partial charge >= 0.3 is 12.1 Å². The van der Waals surface area contributed by atoms with Crippen molar-refractivity contribution >= 4 is 12.1 Å². The molecule has 0 spiro atoms. The Morgan fingerprint density at radius 3 is 2.54 bits per heavy atom. The normalized spacial score (nSPS) is 20.2. The number of carbonyl (C=O) groups is 2. The van der Waals surface area contributed by atoms with Crippen LogP contribution in [-0.4, -0.2) is 47.9 Å². The van der Waals surface area contributed by atoms with Crippen molar-refractivity contribution < 1.29 is 23.8 Å². The van der Waals surface area contributed by atoms with Gasteiger partial charge in [-0.3, -0.25) is 4.90 Å². The quantitative estimate of drug-likeness (QED) is 0.593. The number of rotatable bonds is 5. The van der Waals surface area contributed by atoms with Crippen molar-refractivity contribution in [3.05, 3.63) is 42.5 Å². The molecule has 1 aliphatic rings.